The summed E-state index contributed by atoms with van der Waals surface area (Å²) in [7, 11) is 1.46. The van der Waals surface area contributed by atoms with Crippen LogP contribution in [0, 0.1) is 11.2 Å². The molecule has 0 aromatic heterocycles. The maximum Gasteiger partial charge on any atom is 0.170 e. The lowest BCUT2D eigenvalue weighted by Crippen LogP contribution is -2.40. The molecule has 0 unspecified atom stereocenters. The largest absolute Gasteiger partial charge is 0.496 e. The molecule has 1 saturated heterocycles. The Morgan fingerprint density at radius 3 is 2.86 bits per heavy atom. The minimum absolute atomic E-state index is 0.0799. The summed E-state index contributed by atoms with van der Waals surface area (Å²) in [6.07, 6.45) is 2.70. The normalized spacial score (nSPS) is 18.5. The van der Waals surface area contributed by atoms with Gasteiger partial charge in [-0.1, -0.05) is 19.9 Å². The second kappa shape index (κ2) is 6.56. The zero-order valence-corrected chi connectivity index (χ0v) is 13.1. The third-order valence-corrected chi connectivity index (χ3v) is 4.11. The molecule has 4 heteroatoms. The summed E-state index contributed by atoms with van der Waals surface area (Å²) in [5.74, 6) is -0.370. The quantitative estimate of drug-likeness (QED) is 0.778. The van der Waals surface area contributed by atoms with Crippen molar-refractivity contribution in [2.24, 2.45) is 5.41 Å². The Morgan fingerprint density at radius 1 is 1.43 bits per heavy atom. The van der Waals surface area contributed by atoms with Crippen molar-refractivity contribution in [2.45, 2.75) is 33.1 Å². The number of Topliss-reactive ketones (excluding diaryl/α,β-unsaturated/α-hetero) is 1. The van der Waals surface area contributed by atoms with E-state index >= 15 is 0 Å². The highest BCUT2D eigenvalue weighted by molar-refractivity contribution is 5.99. The highest BCUT2D eigenvalue weighted by Crippen LogP contribution is 2.29. The van der Waals surface area contributed by atoms with Gasteiger partial charge in [-0.2, -0.15) is 0 Å². The number of likely N-dealkylation sites (tertiary alicyclic amines) is 1. The number of carbonyl (C=O) groups excluding carboxylic acids is 1. The van der Waals surface area contributed by atoms with E-state index in [2.05, 4.69) is 18.7 Å². The number of nitrogens with zero attached hydrogens (tertiary/aromatic N) is 1. The smallest absolute Gasteiger partial charge is 0.170 e. The van der Waals surface area contributed by atoms with E-state index in [0.29, 0.717) is 24.1 Å². The molecule has 1 aliphatic rings. The number of ether oxygens (including phenoxy) is 1. The van der Waals surface area contributed by atoms with E-state index in [4.69, 9.17) is 4.74 Å². The predicted molar refractivity (Wildman–Crippen MR) is 81.4 cm³/mol. The lowest BCUT2D eigenvalue weighted by atomic mass is 9.84. The first-order valence-corrected chi connectivity index (χ1v) is 7.51. The maximum absolute atomic E-state index is 13.9. The van der Waals surface area contributed by atoms with Crippen LogP contribution in [-0.2, 0) is 0 Å². The van der Waals surface area contributed by atoms with Crippen LogP contribution in [0.2, 0.25) is 0 Å². The number of hydrogen-bond donors (Lipinski definition) is 0. The van der Waals surface area contributed by atoms with Gasteiger partial charge in [-0.05, 0) is 36.9 Å². The zero-order valence-electron chi connectivity index (χ0n) is 13.1. The molecular formula is C17H24FNO2. The molecule has 1 aromatic carbocycles. The van der Waals surface area contributed by atoms with Crippen LogP contribution in [0.3, 0.4) is 0 Å². The number of methoxy groups -OCH3 is 1. The van der Waals surface area contributed by atoms with Crippen molar-refractivity contribution >= 4 is 5.78 Å². The van der Waals surface area contributed by atoms with Gasteiger partial charge in [0.1, 0.15) is 11.6 Å². The van der Waals surface area contributed by atoms with E-state index in [1.54, 1.807) is 12.1 Å². The topological polar surface area (TPSA) is 29.5 Å². The van der Waals surface area contributed by atoms with Crippen LogP contribution in [0.1, 0.15) is 43.5 Å². The van der Waals surface area contributed by atoms with Gasteiger partial charge in [0.05, 0.1) is 12.7 Å². The van der Waals surface area contributed by atoms with Crippen molar-refractivity contribution < 1.29 is 13.9 Å². The molecule has 1 heterocycles. The number of piperidine rings is 1. The molecule has 0 aliphatic carbocycles. The molecule has 1 fully saturated rings. The third kappa shape index (κ3) is 4.03. The Kier molecular flexibility index (Phi) is 4.99. The van der Waals surface area contributed by atoms with Crippen LogP contribution < -0.4 is 4.74 Å². The monoisotopic (exact) mass is 293 g/mol. The van der Waals surface area contributed by atoms with E-state index in [9.17, 15) is 9.18 Å². The van der Waals surface area contributed by atoms with Crippen LogP contribution in [0.15, 0.2) is 18.2 Å². The van der Waals surface area contributed by atoms with Gasteiger partial charge < -0.3 is 9.64 Å². The van der Waals surface area contributed by atoms with Gasteiger partial charge in [0.15, 0.2) is 5.78 Å². The average Bonchev–Trinajstić information content (AvgIpc) is 2.43. The number of benzene rings is 1. The Labute approximate surface area is 126 Å². The Balaban J connectivity index is 1.99. The summed E-state index contributed by atoms with van der Waals surface area (Å²) in [5.41, 5.74) is 0.382. The fourth-order valence-corrected chi connectivity index (χ4v) is 3.07. The maximum atomic E-state index is 13.9. The molecule has 116 valence electrons. The van der Waals surface area contributed by atoms with E-state index in [1.807, 2.05) is 0 Å². The van der Waals surface area contributed by atoms with Crippen LogP contribution in [0.4, 0.5) is 4.39 Å². The standard InChI is InChI=1S/C17H24FNO2/c1-17(2)9-5-10-19(12-17)11-8-14(20)16-13(18)6-4-7-15(16)21-3/h4,6-7H,5,8-12H2,1-3H3. The number of carbonyl (C=O) groups is 1. The zero-order chi connectivity index (χ0) is 15.5. The molecule has 0 saturated carbocycles. The molecule has 0 atom stereocenters. The predicted octanol–water partition coefficient (Wildman–Crippen LogP) is 3.53. The van der Waals surface area contributed by atoms with E-state index < -0.39 is 5.82 Å². The minimum atomic E-state index is -0.502. The molecule has 0 amide bonds. The van der Waals surface area contributed by atoms with Crippen molar-refractivity contribution in [1.29, 1.82) is 0 Å². The minimum Gasteiger partial charge on any atom is -0.496 e. The van der Waals surface area contributed by atoms with Gasteiger partial charge in [-0.25, -0.2) is 4.39 Å². The van der Waals surface area contributed by atoms with Gasteiger partial charge in [-0.3, -0.25) is 4.79 Å². The number of hydrogen-bond acceptors (Lipinski definition) is 3. The first-order chi connectivity index (χ1) is 9.93. The van der Waals surface area contributed by atoms with E-state index in [1.165, 1.54) is 19.6 Å². The molecule has 1 aromatic rings. The third-order valence-electron chi connectivity index (χ3n) is 4.11. The summed E-state index contributed by atoms with van der Waals surface area (Å²) in [5, 5.41) is 0. The SMILES string of the molecule is COc1cccc(F)c1C(=O)CCN1CCCC(C)(C)C1. The van der Waals surface area contributed by atoms with E-state index in [-0.39, 0.29) is 11.3 Å². The Morgan fingerprint density at radius 2 is 2.19 bits per heavy atom. The lowest BCUT2D eigenvalue weighted by Gasteiger charge is -2.38. The second-order valence-electron chi connectivity index (χ2n) is 6.53. The molecule has 1 aliphatic heterocycles. The van der Waals surface area contributed by atoms with Gasteiger partial charge in [0.2, 0.25) is 0 Å². The van der Waals surface area contributed by atoms with Gasteiger partial charge in [0.25, 0.3) is 0 Å². The van der Waals surface area contributed by atoms with Crippen LogP contribution in [0.25, 0.3) is 0 Å². The van der Waals surface area contributed by atoms with E-state index in [0.717, 1.165) is 19.5 Å². The molecule has 3 nitrogen and oxygen atoms in total. The molecule has 21 heavy (non-hydrogen) atoms. The summed E-state index contributed by atoms with van der Waals surface area (Å²) < 4.78 is 19.0. The van der Waals surface area contributed by atoms with Gasteiger partial charge >= 0.3 is 0 Å². The average molecular weight is 293 g/mol. The number of rotatable bonds is 5. The summed E-state index contributed by atoms with van der Waals surface area (Å²) in [4.78, 5) is 14.6. The molecule has 2 rings (SSSR count). The lowest BCUT2D eigenvalue weighted by molar-refractivity contribution is 0.0890. The highest BCUT2D eigenvalue weighted by Gasteiger charge is 2.27. The molecule has 0 spiro atoms. The van der Waals surface area contributed by atoms with Gasteiger partial charge in [-0.15, -0.1) is 0 Å². The fourth-order valence-electron chi connectivity index (χ4n) is 3.07. The van der Waals surface area contributed by atoms with Crippen molar-refractivity contribution in [1.82, 2.24) is 4.90 Å². The number of halogens is 1. The molecule has 0 bridgehead atoms. The van der Waals surface area contributed by atoms with Crippen molar-refractivity contribution in [3.05, 3.63) is 29.6 Å². The Bertz CT molecular complexity index is 514. The molecule has 0 radical (unpaired) electrons. The van der Waals surface area contributed by atoms with Gasteiger partial charge in [0, 0.05) is 19.5 Å². The molecule has 0 N–H and O–H groups in total. The van der Waals surface area contributed by atoms with Crippen molar-refractivity contribution in [3.63, 3.8) is 0 Å². The van der Waals surface area contributed by atoms with Crippen LogP contribution in [-0.4, -0.2) is 37.4 Å². The number of ketones is 1. The first kappa shape index (κ1) is 16.0. The van der Waals surface area contributed by atoms with Crippen LogP contribution in [0.5, 0.6) is 5.75 Å². The van der Waals surface area contributed by atoms with Crippen molar-refractivity contribution in [2.75, 3.05) is 26.7 Å². The summed E-state index contributed by atoms with van der Waals surface area (Å²) in [6, 6.07) is 4.48. The second-order valence-corrected chi connectivity index (χ2v) is 6.53. The first-order valence-electron chi connectivity index (χ1n) is 7.51. The Hall–Kier alpha value is -1.42. The van der Waals surface area contributed by atoms with Crippen LogP contribution >= 0.6 is 0 Å². The fraction of sp³-hybridized carbons (Fsp3) is 0.588. The summed E-state index contributed by atoms with van der Waals surface area (Å²) >= 11 is 0. The highest BCUT2D eigenvalue weighted by atomic mass is 19.1. The molecular weight excluding hydrogens is 269 g/mol. The summed E-state index contributed by atoms with van der Waals surface area (Å²) in [6.45, 7) is 7.20. The van der Waals surface area contributed by atoms with Crippen molar-refractivity contribution in [3.8, 4) is 5.75 Å².